The largest absolute Gasteiger partial charge is 0.370 e. The number of halogens is 2. The smallest absolute Gasteiger partial charge is 0.219 e. The second-order valence-corrected chi connectivity index (χ2v) is 4.72. The van der Waals surface area contributed by atoms with E-state index >= 15 is 0 Å². The monoisotopic (exact) mass is 269 g/mol. The maximum Gasteiger partial charge on any atom is 0.219 e. The number of fused-ring (bicyclic) bond motifs is 1. The molecule has 0 aliphatic rings. The van der Waals surface area contributed by atoms with Crippen molar-refractivity contribution in [1.82, 2.24) is 9.55 Å². The van der Waals surface area contributed by atoms with Crippen LogP contribution in [0.2, 0.25) is 0 Å². The molecule has 2 rings (SSSR count). The van der Waals surface area contributed by atoms with E-state index in [9.17, 15) is 9.18 Å². The number of carbonyl (C=O) groups is 1. The number of amides is 1. The number of aryl methyl sites for hydroxylation is 1. The van der Waals surface area contributed by atoms with Crippen LogP contribution in [0.25, 0.3) is 11.0 Å². The molecule has 2 aromatic rings. The molecule has 0 spiro atoms. The summed E-state index contributed by atoms with van der Waals surface area (Å²) in [6.45, 7) is 2.10. The Morgan fingerprint density at radius 1 is 1.61 bits per heavy atom. The molecule has 1 aromatic heterocycles. The molecule has 1 heterocycles. The van der Waals surface area contributed by atoms with Crippen molar-refractivity contribution in [3.8, 4) is 0 Å². The molecule has 0 fully saturated rings. The SMILES string of the molecule is CC(Cl)c1nc2c(F)cccc2n1CCC(N)=O. The van der Waals surface area contributed by atoms with Gasteiger partial charge >= 0.3 is 0 Å². The van der Waals surface area contributed by atoms with Crippen molar-refractivity contribution in [3.05, 3.63) is 29.8 Å². The second-order valence-electron chi connectivity index (χ2n) is 4.06. The topological polar surface area (TPSA) is 60.9 Å². The van der Waals surface area contributed by atoms with Gasteiger partial charge in [-0.05, 0) is 19.1 Å². The van der Waals surface area contributed by atoms with Gasteiger partial charge in [-0.2, -0.15) is 0 Å². The molecular formula is C12H13ClFN3O. The number of alkyl halides is 1. The maximum atomic E-state index is 13.6. The van der Waals surface area contributed by atoms with Crippen LogP contribution >= 0.6 is 11.6 Å². The van der Waals surface area contributed by atoms with Gasteiger partial charge in [0.2, 0.25) is 5.91 Å². The molecule has 96 valence electrons. The van der Waals surface area contributed by atoms with Gasteiger partial charge in [-0.25, -0.2) is 9.37 Å². The minimum atomic E-state index is -0.415. The number of para-hydroxylation sites is 1. The molecule has 1 amide bonds. The van der Waals surface area contributed by atoms with Crippen molar-refractivity contribution in [3.63, 3.8) is 0 Å². The van der Waals surface area contributed by atoms with E-state index in [1.165, 1.54) is 6.07 Å². The van der Waals surface area contributed by atoms with Gasteiger partial charge in [0.15, 0.2) is 5.82 Å². The van der Waals surface area contributed by atoms with Crippen LogP contribution in [0.5, 0.6) is 0 Å². The van der Waals surface area contributed by atoms with E-state index in [4.69, 9.17) is 17.3 Å². The summed E-state index contributed by atoms with van der Waals surface area (Å²) >= 11 is 6.03. The van der Waals surface area contributed by atoms with Crippen molar-refractivity contribution >= 4 is 28.5 Å². The summed E-state index contributed by atoms with van der Waals surface area (Å²) in [7, 11) is 0. The molecule has 0 saturated carbocycles. The van der Waals surface area contributed by atoms with E-state index in [2.05, 4.69) is 4.98 Å². The molecule has 6 heteroatoms. The predicted molar refractivity (Wildman–Crippen MR) is 67.8 cm³/mol. The highest BCUT2D eigenvalue weighted by Gasteiger charge is 2.17. The number of aromatic nitrogens is 2. The fourth-order valence-electron chi connectivity index (χ4n) is 1.89. The Bertz CT molecular complexity index is 594. The third kappa shape index (κ3) is 2.31. The fourth-order valence-corrected chi connectivity index (χ4v) is 2.06. The van der Waals surface area contributed by atoms with E-state index in [0.717, 1.165) is 0 Å². The molecule has 18 heavy (non-hydrogen) atoms. The van der Waals surface area contributed by atoms with Crippen LogP contribution < -0.4 is 5.73 Å². The molecule has 2 N–H and O–H groups in total. The summed E-state index contributed by atoms with van der Waals surface area (Å²) in [6.07, 6.45) is 0.165. The zero-order valence-corrected chi connectivity index (χ0v) is 10.6. The number of primary amides is 1. The van der Waals surface area contributed by atoms with E-state index in [1.807, 2.05) is 0 Å². The van der Waals surface area contributed by atoms with Crippen molar-refractivity contribution < 1.29 is 9.18 Å². The van der Waals surface area contributed by atoms with Gasteiger partial charge in [-0.1, -0.05) is 6.07 Å². The number of nitrogens with zero attached hydrogens (tertiary/aromatic N) is 2. The number of carbonyl (C=O) groups excluding carboxylic acids is 1. The number of benzene rings is 1. The Morgan fingerprint density at radius 2 is 2.33 bits per heavy atom. The predicted octanol–water partition coefficient (Wildman–Crippen LogP) is 2.35. The van der Waals surface area contributed by atoms with Crippen LogP contribution in [0.1, 0.15) is 24.5 Å². The summed E-state index contributed by atoms with van der Waals surface area (Å²) in [4.78, 5) is 15.1. The average Bonchev–Trinajstić information content (AvgIpc) is 2.66. The van der Waals surface area contributed by atoms with Crippen LogP contribution in [0.3, 0.4) is 0 Å². The summed E-state index contributed by atoms with van der Waals surface area (Å²) in [6, 6.07) is 4.69. The van der Waals surface area contributed by atoms with E-state index < -0.39 is 11.7 Å². The van der Waals surface area contributed by atoms with Gasteiger partial charge in [0.25, 0.3) is 0 Å². The molecule has 1 atom stereocenters. The maximum absolute atomic E-state index is 13.6. The molecule has 0 aliphatic heterocycles. The van der Waals surface area contributed by atoms with Crippen LogP contribution in [0.15, 0.2) is 18.2 Å². The van der Waals surface area contributed by atoms with Crippen LogP contribution in [0.4, 0.5) is 4.39 Å². The normalized spacial score (nSPS) is 12.8. The Hall–Kier alpha value is -1.62. The molecule has 0 aliphatic carbocycles. The fraction of sp³-hybridized carbons (Fsp3) is 0.333. The number of nitrogens with two attached hydrogens (primary N) is 1. The van der Waals surface area contributed by atoms with Crippen LogP contribution in [0, 0.1) is 5.82 Å². The lowest BCUT2D eigenvalue weighted by Crippen LogP contribution is -2.15. The highest BCUT2D eigenvalue weighted by molar-refractivity contribution is 6.20. The highest BCUT2D eigenvalue weighted by Crippen LogP contribution is 2.26. The third-order valence-corrected chi connectivity index (χ3v) is 2.89. The first kappa shape index (κ1) is 12.8. The Kier molecular flexibility index (Phi) is 3.52. The quantitative estimate of drug-likeness (QED) is 0.866. The van der Waals surface area contributed by atoms with Gasteiger partial charge in [0.05, 0.1) is 10.9 Å². The lowest BCUT2D eigenvalue weighted by atomic mass is 10.3. The first-order valence-corrected chi connectivity index (χ1v) is 6.01. The summed E-state index contributed by atoms with van der Waals surface area (Å²) in [5, 5.41) is -0.371. The Morgan fingerprint density at radius 3 is 2.94 bits per heavy atom. The molecule has 0 bridgehead atoms. The van der Waals surface area contributed by atoms with Crippen LogP contribution in [-0.4, -0.2) is 15.5 Å². The lowest BCUT2D eigenvalue weighted by Gasteiger charge is -2.09. The summed E-state index contributed by atoms with van der Waals surface area (Å²) < 4.78 is 15.4. The van der Waals surface area contributed by atoms with Gasteiger partial charge in [0.1, 0.15) is 11.3 Å². The summed E-state index contributed by atoms with van der Waals surface area (Å²) in [5.41, 5.74) is 6.02. The average molecular weight is 270 g/mol. The van der Waals surface area contributed by atoms with Gasteiger partial charge in [0, 0.05) is 13.0 Å². The first-order valence-electron chi connectivity index (χ1n) is 5.57. The van der Waals surface area contributed by atoms with E-state index in [1.54, 1.807) is 23.6 Å². The molecule has 1 unspecified atom stereocenters. The Labute approximate surface area is 109 Å². The lowest BCUT2D eigenvalue weighted by molar-refractivity contribution is -0.118. The minimum absolute atomic E-state index is 0.165. The Balaban J connectivity index is 2.55. The minimum Gasteiger partial charge on any atom is -0.370 e. The molecular weight excluding hydrogens is 257 g/mol. The standard InChI is InChI=1S/C12H13ClFN3O/c1-7(13)12-16-11-8(14)3-2-4-9(11)17(12)6-5-10(15)18/h2-4,7H,5-6H2,1H3,(H2,15,18). The number of hydrogen-bond acceptors (Lipinski definition) is 2. The van der Waals surface area contributed by atoms with Crippen LogP contribution in [-0.2, 0) is 11.3 Å². The van der Waals surface area contributed by atoms with E-state index in [-0.39, 0.29) is 17.3 Å². The molecule has 1 aromatic carbocycles. The van der Waals surface area contributed by atoms with Crippen molar-refractivity contribution in [2.75, 3.05) is 0 Å². The molecule has 0 saturated heterocycles. The van der Waals surface area contributed by atoms with E-state index in [0.29, 0.717) is 17.9 Å². The highest BCUT2D eigenvalue weighted by atomic mass is 35.5. The zero-order chi connectivity index (χ0) is 13.3. The zero-order valence-electron chi connectivity index (χ0n) is 9.86. The number of hydrogen-bond donors (Lipinski definition) is 1. The van der Waals surface area contributed by atoms with Gasteiger partial charge in [-0.3, -0.25) is 4.79 Å². The summed E-state index contributed by atoms with van der Waals surface area (Å²) in [5.74, 6) is -0.275. The number of imidazole rings is 1. The second kappa shape index (κ2) is 4.94. The van der Waals surface area contributed by atoms with Crippen molar-refractivity contribution in [2.45, 2.75) is 25.3 Å². The van der Waals surface area contributed by atoms with Crippen molar-refractivity contribution in [1.29, 1.82) is 0 Å². The molecule has 4 nitrogen and oxygen atoms in total. The third-order valence-electron chi connectivity index (χ3n) is 2.70. The van der Waals surface area contributed by atoms with Gasteiger partial charge < -0.3 is 10.3 Å². The number of rotatable bonds is 4. The molecule has 0 radical (unpaired) electrons. The van der Waals surface area contributed by atoms with Gasteiger partial charge in [-0.15, -0.1) is 11.6 Å². The first-order chi connectivity index (χ1) is 8.50. The van der Waals surface area contributed by atoms with Crippen molar-refractivity contribution in [2.24, 2.45) is 5.73 Å².